The van der Waals surface area contributed by atoms with Crippen molar-refractivity contribution >= 4 is 16.5 Å². The van der Waals surface area contributed by atoms with Gasteiger partial charge in [0.1, 0.15) is 6.07 Å². The highest BCUT2D eigenvalue weighted by atomic mass is 15.5. The minimum absolute atomic E-state index is 0.334. The Balaban J connectivity index is 2.03. The first kappa shape index (κ1) is 16.6. The van der Waals surface area contributed by atoms with Crippen LogP contribution in [0.4, 0.5) is 0 Å². The van der Waals surface area contributed by atoms with Gasteiger partial charge in [-0.15, -0.1) is 0 Å². The van der Waals surface area contributed by atoms with Crippen LogP contribution in [0.5, 0.6) is 0 Å². The van der Waals surface area contributed by atoms with Crippen LogP contribution in [0, 0.1) is 11.3 Å². The summed E-state index contributed by atoms with van der Waals surface area (Å²) in [5.74, 6) is 0. The Bertz CT molecular complexity index is 980. The van der Waals surface area contributed by atoms with Crippen LogP contribution in [-0.4, -0.2) is 19.1 Å². The summed E-state index contributed by atoms with van der Waals surface area (Å²) in [5.41, 5.74) is 12.9. The molecule has 124 valence electrons. The molecule has 0 aliphatic rings. The van der Waals surface area contributed by atoms with Crippen molar-refractivity contribution in [2.45, 2.75) is 0 Å². The van der Waals surface area contributed by atoms with Crippen LogP contribution >= 0.6 is 0 Å². The van der Waals surface area contributed by atoms with Gasteiger partial charge in [-0.1, -0.05) is 54.6 Å². The molecule has 25 heavy (non-hydrogen) atoms. The number of fused-ring (bicyclic) bond motifs is 1. The highest BCUT2D eigenvalue weighted by molar-refractivity contribution is 5.87. The Kier molecular flexibility index (Phi) is 4.69. The maximum Gasteiger partial charge on any atom is 0.151 e. The number of hydrazine groups is 1. The Labute approximate surface area is 147 Å². The zero-order valence-corrected chi connectivity index (χ0v) is 14.3. The number of hydrogen-bond donors (Lipinski definition) is 2. The van der Waals surface area contributed by atoms with Crippen LogP contribution in [0.3, 0.4) is 0 Å². The molecule has 0 radical (unpaired) electrons. The number of nitrogens with two attached hydrogens (primary N) is 1. The number of allylic oxidation sites excluding steroid dienone is 1. The van der Waals surface area contributed by atoms with Crippen molar-refractivity contribution in [3.05, 3.63) is 78.0 Å². The zero-order valence-electron chi connectivity index (χ0n) is 14.3. The van der Waals surface area contributed by atoms with Crippen molar-refractivity contribution in [1.29, 1.82) is 5.26 Å². The smallest absolute Gasteiger partial charge is 0.151 e. The lowest BCUT2D eigenvalue weighted by molar-refractivity contribution is 0.334. The van der Waals surface area contributed by atoms with Gasteiger partial charge < -0.3 is 11.2 Å². The molecule has 0 amide bonds. The van der Waals surface area contributed by atoms with Crippen LogP contribution in [0.25, 0.3) is 27.6 Å². The standard InChI is InChI=1S/C21H20N4/c1-25(2)24-20(14-22)21(23)19-9-5-8-17(13-19)18-11-10-15-6-3-4-7-16(15)12-18/h3-13,24H,23H2,1-2H3/b21-20-. The first-order valence-corrected chi connectivity index (χ1v) is 8.02. The van der Waals surface area contributed by atoms with Crippen LogP contribution in [-0.2, 0) is 0 Å². The molecule has 3 aromatic carbocycles. The molecule has 3 aromatic rings. The van der Waals surface area contributed by atoms with Crippen LogP contribution in [0.15, 0.2) is 72.4 Å². The quantitative estimate of drug-likeness (QED) is 0.566. The number of nitriles is 1. The van der Waals surface area contributed by atoms with E-state index in [0.29, 0.717) is 11.4 Å². The molecule has 0 unspecified atom stereocenters. The van der Waals surface area contributed by atoms with Gasteiger partial charge in [-0.2, -0.15) is 5.26 Å². The van der Waals surface area contributed by atoms with Crippen LogP contribution in [0.2, 0.25) is 0 Å². The van der Waals surface area contributed by atoms with Crippen molar-refractivity contribution in [3.8, 4) is 17.2 Å². The van der Waals surface area contributed by atoms with Crippen molar-refractivity contribution in [2.24, 2.45) is 5.73 Å². The minimum atomic E-state index is 0.334. The van der Waals surface area contributed by atoms with E-state index in [2.05, 4.69) is 41.8 Å². The molecule has 0 aliphatic heterocycles. The largest absolute Gasteiger partial charge is 0.396 e. The first-order valence-electron chi connectivity index (χ1n) is 8.02. The second-order valence-electron chi connectivity index (χ2n) is 6.05. The van der Waals surface area contributed by atoms with E-state index in [1.165, 1.54) is 10.8 Å². The molecule has 4 heteroatoms. The second-order valence-corrected chi connectivity index (χ2v) is 6.05. The molecule has 0 atom stereocenters. The predicted molar refractivity (Wildman–Crippen MR) is 103 cm³/mol. The Morgan fingerprint density at radius 2 is 1.64 bits per heavy atom. The molecule has 0 bridgehead atoms. The SMILES string of the molecule is CN(C)N/C(C#N)=C(\N)c1cccc(-c2ccc3ccccc3c2)c1. The lowest BCUT2D eigenvalue weighted by atomic mass is 9.99. The molecule has 0 spiro atoms. The average Bonchev–Trinajstić information content (AvgIpc) is 2.65. The Morgan fingerprint density at radius 1 is 0.920 bits per heavy atom. The number of nitrogens with zero attached hydrogens (tertiary/aromatic N) is 2. The second kappa shape index (κ2) is 7.08. The van der Waals surface area contributed by atoms with E-state index in [1.54, 1.807) is 5.01 Å². The highest BCUT2D eigenvalue weighted by Gasteiger charge is 2.08. The van der Waals surface area contributed by atoms with E-state index in [4.69, 9.17) is 5.73 Å². The van der Waals surface area contributed by atoms with E-state index in [-0.39, 0.29) is 0 Å². The third kappa shape index (κ3) is 3.63. The molecule has 3 rings (SSSR count). The van der Waals surface area contributed by atoms with E-state index in [9.17, 15) is 5.26 Å². The van der Waals surface area contributed by atoms with Crippen molar-refractivity contribution in [2.75, 3.05) is 14.1 Å². The van der Waals surface area contributed by atoms with E-state index >= 15 is 0 Å². The predicted octanol–water partition coefficient (Wildman–Crippen LogP) is 3.72. The third-order valence-electron chi connectivity index (χ3n) is 3.97. The van der Waals surface area contributed by atoms with Crippen LogP contribution < -0.4 is 11.2 Å². The van der Waals surface area contributed by atoms with E-state index in [1.807, 2.05) is 50.5 Å². The summed E-state index contributed by atoms with van der Waals surface area (Å²) in [5, 5.41) is 13.4. The van der Waals surface area contributed by atoms with Gasteiger partial charge in [0.2, 0.25) is 0 Å². The van der Waals surface area contributed by atoms with Gasteiger partial charge in [-0.3, -0.25) is 0 Å². The number of rotatable bonds is 4. The van der Waals surface area contributed by atoms with E-state index in [0.717, 1.165) is 16.7 Å². The molecular formula is C21H20N4. The molecule has 3 N–H and O–H groups in total. The Morgan fingerprint density at radius 3 is 2.36 bits per heavy atom. The summed E-state index contributed by atoms with van der Waals surface area (Å²) >= 11 is 0. The summed E-state index contributed by atoms with van der Waals surface area (Å²) in [6, 6.07) is 24.7. The van der Waals surface area contributed by atoms with Crippen molar-refractivity contribution in [3.63, 3.8) is 0 Å². The van der Waals surface area contributed by atoms with Gasteiger partial charge in [-0.25, -0.2) is 5.01 Å². The Hall–Kier alpha value is -3.29. The normalized spacial score (nSPS) is 11.9. The lowest BCUT2D eigenvalue weighted by Crippen LogP contribution is -2.30. The molecule has 0 fully saturated rings. The summed E-state index contributed by atoms with van der Waals surface area (Å²) in [7, 11) is 3.63. The zero-order chi connectivity index (χ0) is 17.8. The summed E-state index contributed by atoms with van der Waals surface area (Å²) in [4.78, 5) is 0. The highest BCUT2D eigenvalue weighted by Crippen LogP contribution is 2.26. The lowest BCUT2D eigenvalue weighted by Gasteiger charge is -2.15. The maximum absolute atomic E-state index is 9.33. The summed E-state index contributed by atoms with van der Waals surface area (Å²) in [6.45, 7) is 0. The fourth-order valence-electron chi connectivity index (χ4n) is 2.75. The van der Waals surface area contributed by atoms with Gasteiger partial charge in [-0.05, 0) is 34.0 Å². The van der Waals surface area contributed by atoms with Crippen molar-refractivity contribution < 1.29 is 0 Å². The number of benzene rings is 3. The number of nitrogens with one attached hydrogen (secondary N) is 1. The van der Waals surface area contributed by atoms with Gasteiger partial charge in [0, 0.05) is 19.7 Å². The summed E-state index contributed by atoms with van der Waals surface area (Å²) in [6.07, 6.45) is 0. The molecular weight excluding hydrogens is 308 g/mol. The molecule has 0 saturated carbocycles. The molecule has 0 saturated heterocycles. The van der Waals surface area contributed by atoms with Gasteiger partial charge in [0.15, 0.2) is 5.70 Å². The molecule has 0 aromatic heterocycles. The topological polar surface area (TPSA) is 65.1 Å². The fourth-order valence-corrected chi connectivity index (χ4v) is 2.75. The molecule has 0 heterocycles. The number of hydrogen-bond acceptors (Lipinski definition) is 4. The maximum atomic E-state index is 9.33. The minimum Gasteiger partial charge on any atom is -0.396 e. The van der Waals surface area contributed by atoms with E-state index < -0.39 is 0 Å². The van der Waals surface area contributed by atoms with Gasteiger partial charge in [0.25, 0.3) is 0 Å². The van der Waals surface area contributed by atoms with Crippen LogP contribution in [0.1, 0.15) is 5.56 Å². The molecule has 0 aliphatic carbocycles. The molecule has 4 nitrogen and oxygen atoms in total. The van der Waals surface area contributed by atoms with Crippen molar-refractivity contribution in [1.82, 2.24) is 10.4 Å². The summed E-state index contributed by atoms with van der Waals surface area (Å²) < 4.78 is 0. The first-order chi connectivity index (χ1) is 12.1. The average molecular weight is 328 g/mol. The monoisotopic (exact) mass is 328 g/mol. The van der Waals surface area contributed by atoms with Gasteiger partial charge >= 0.3 is 0 Å². The van der Waals surface area contributed by atoms with Gasteiger partial charge in [0.05, 0.1) is 5.70 Å². The third-order valence-corrected chi connectivity index (χ3v) is 3.97. The fraction of sp³-hybridized carbons (Fsp3) is 0.0952.